The van der Waals surface area contributed by atoms with Crippen molar-refractivity contribution in [2.24, 2.45) is 11.8 Å². The maximum Gasteiger partial charge on any atom is 0.309 e. The summed E-state index contributed by atoms with van der Waals surface area (Å²) in [4.78, 5) is 10.4. The Bertz CT molecular complexity index is 137. The number of alkyl halides is 1. The van der Waals surface area contributed by atoms with Gasteiger partial charge in [-0.2, -0.15) is 0 Å². The van der Waals surface area contributed by atoms with Crippen LogP contribution >= 0.6 is 0 Å². The summed E-state index contributed by atoms with van der Waals surface area (Å²) in [6, 6.07) is 0. The highest BCUT2D eigenvalue weighted by Crippen LogP contribution is 2.33. The molecule has 1 aliphatic rings. The van der Waals surface area contributed by atoms with Gasteiger partial charge in [-0.05, 0) is 18.8 Å². The number of aliphatic carboxylic acids is 1. The largest absolute Gasteiger partial charge is 0.481 e. The first kappa shape index (κ1) is 7.51. The van der Waals surface area contributed by atoms with Gasteiger partial charge in [-0.1, -0.05) is 6.92 Å². The van der Waals surface area contributed by atoms with Crippen LogP contribution in [0.3, 0.4) is 0 Å². The van der Waals surface area contributed by atoms with Crippen LogP contribution in [0.1, 0.15) is 19.8 Å². The van der Waals surface area contributed by atoms with Crippen LogP contribution in [0.4, 0.5) is 4.39 Å². The Hall–Kier alpha value is -0.600. The summed E-state index contributed by atoms with van der Waals surface area (Å²) in [5, 5.41) is 8.51. The summed E-state index contributed by atoms with van der Waals surface area (Å²) in [5.41, 5.74) is 0. The molecule has 3 atom stereocenters. The molecule has 1 N–H and O–H groups in total. The Labute approximate surface area is 59.0 Å². The average Bonchev–Trinajstić information content (AvgIpc) is 2.11. The fraction of sp³-hybridized carbons (Fsp3) is 0.857. The molecular formula is C7H11FO2. The van der Waals surface area contributed by atoms with Crippen molar-refractivity contribution in [3.05, 3.63) is 0 Å². The molecule has 0 saturated heterocycles. The van der Waals surface area contributed by atoms with Crippen LogP contribution in [-0.2, 0) is 4.79 Å². The second-order valence-corrected chi connectivity index (χ2v) is 2.93. The summed E-state index contributed by atoms with van der Waals surface area (Å²) in [7, 11) is 0. The van der Waals surface area contributed by atoms with Crippen LogP contribution in [0.15, 0.2) is 0 Å². The molecule has 0 aliphatic heterocycles. The lowest BCUT2D eigenvalue weighted by molar-refractivity contribution is -0.144. The Kier molecular flexibility index (Phi) is 1.92. The van der Waals surface area contributed by atoms with Crippen LogP contribution in [-0.4, -0.2) is 17.2 Å². The fourth-order valence-electron chi connectivity index (χ4n) is 1.54. The van der Waals surface area contributed by atoms with Gasteiger partial charge in [0.15, 0.2) is 0 Å². The van der Waals surface area contributed by atoms with Gasteiger partial charge >= 0.3 is 5.97 Å². The Morgan fingerprint density at radius 1 is 1.60 bits per heavy atom. The van der Waals surface area contributed by atoms with Crippen molar-refractivity contribution in [1.82, 2.24) is 0 Å². The number of rotatable bonds is 1. The minimum atomic E-state index is -1.12. The quantitative estimate of drug-likeness (QED) is 0.608. The van der Waals surface area contributed by atoms with Crippen molar-refractivity contribution in [2.75, 3.05) is 0 Å². The fourth-order valence-corrected chi connectivity index (χ4v) is 1.54. The molecule has 0 bridgehead atoms. The van der Waals surface area contributed by atoms with E-state index in [1.54, 1.807) is 6.92 Å². The normalized spacial score (nSPS) is 40.0. The molecule has 2 nitrogen and oxygen atoms in total. The van der Waals surface area contributed by atoms with E-state index in [1.807, 2.05) is 0 Å². The van der Waals surface area contributed by atoms with Crippen LogP contribution in [0.5, 0.6) is 0 Å². The van der Waals surface area contributed by atoms with Gasteiger partial charge in [0, 0.05) is 0 Å². The topological polar surface area (TPSA) is 37.3 Å². The van der Waals surface area contributed by atoms with Crippen molar-refractivity contribution in [2.45, 2.75) is 25.9 Å². The molecule has 10 heavy (non-hydrogen) atoms. The minimum Gasteiger partial charge on any atom is -0.481 e. The van der Waals surface area contributed by atoms with Gasteiger partial charge in [-0.3, -0.25) is 4.79 Å². The van der Waals surface area contributed by atoms with Crippen LogP contribution in [0, 0.1) is 11.8 Å². The lowest BCUT2D eigenvalue weighted by Crippen LogP contribution is -2.23. The smallest absolute Gasteiger partial charge is 0.309 e. The Morgan fingerprint density at radius 3 is 2.40 bits per heavy atom. The van der Waals surface area contributed by atoms with Crippen molar-refractivity contribution < 1.29 is 14.3 Å². The standard InChI is InChI=1S/C7H11FO2/c1-4-2-3-5(8)6(4)7(9)10/h4-6H,2-3H2,1H3,(H,9,10). The van der Waals surface area contributed by atoms with Gasteiger partial charge in [0.25, 0.3) is 0 Å². The van der Waals surface area contributed by atoms with E-state index < -0.39 is 18.1 Å². The second kappa shape index (κ2) is 2.56. The molecule has 1 saturated carbocycles. The zero-order chi connectivity index (χ0) is 7.72. The molecule has 0 spiro atoms. The average molecular weight is 146 g/mol. The maximum absolute atomic E-state index is 12.7. The Balaban J connectivity index is 2.63. The molecule has 1 fully saturated rings. The van der Waals surface area contributed by atoms with E-state index in [0.29, 0.717) is 12.8 Å². The number of hydrogen-bond acceptors (Lipinski definition) is 1. The third kappa shape index (κ3) is 1.13. The van der Waals surface area contributed by atoms with Crippen molar-refractivity contribution in [1.29, 1.82) is 0 Å². The van der Waals surface area contributed by atoms with E-state index in [9.17, 15) is 9.18 Å². The summed E-state index contributed by atoms with van der Waals surface area (Å²) >= 11 is 0. The molecule has 1 rings (SSSR count). The molecule has 1 aliphatic carbocycles. The van der Waals surface area contributed by atoms with E-state index in [4.69, 9.17) is 5.11 Å². The van der Waals surface area contributed by atoms with Gasteiger partial charge < -0.3 is 5.11 Å². The minimum absolute atomic E-state index is 0.00694. The van der Waals surface area contributed by atoms with Gasteiger partial charge in [0.2, 0.25) is 0 Å². The van der Waals surface area contributed by atoms with Crippen molar-refractivity contribution >= 4 is 5.97 Å². The van der Waals surface area contributed by atoms with Crippen molar-refractivity contribution in [3.63, 3.8) is 0 Å². The first-order valence-corrected chi connectivity index (χ1v) is 3.50. The van der Waals surface area contributed by atoms with Crippen molar-refractivity contribution in [3.8, 4) is 0 Å². The lowest BCUT2D eigenvalue weighted by Gasteiger charge is -2.10. The van der Waals surface area contributed by atoms with E-state index in [0.717, 1.165) is 0 Å². The number of hydrogen-bond donors (Lipinski definition) is 1. The maximum atomic E-state index is 12.7. The predicted molar refractivity (Wildman–Crippen MR) is 34.4 cm³/mol. The first-order chi connectivity index (χ1) is 4.63. The summed E-state index contributed by atoms with van der Waals surface area (Å²) in [5.74, 6) is -1.73. The second-order valence-electron chi connectivity index (χ2n) is 2.93. The van der Waals surface area contributed by atoms with Gasteiger partial charge in [0.1, 0.15) is 6.17 Å². The number of carboxylic acids is 1. The summed E-state index contributed by atoms with van der Waals surface area (Å²) < 4.78 is 12.7. The molecule has 3 heteroatoms. The van der Waals surface area contributed by atoms with E-state index in [-0.39, 0.29) is 5.92 Å². The molecule has 58 valence electrons. The highest BCUT2D eigenvalue weighted by atomic mass is 19.1. The molecule has 0 heterocycles. The molecule has 0 amide bonds. The molecule has 0 aromatic heterocycles. The van der Waals surface area contributed by atoms with Crippen LogP contribution < -0.4 is 0 Å². The van der Waals surface area contributed by atoms with E-state index in [1.165, 1.54) is 0 Å². The summed E-state index contributed by atoms with van der Waals surface area (Å²) in [6.45, 7) is 1.79. The number of halogens is 1. The number of carboxylic acid groups (broad SMARTS) is 1. The van der Waals surface area contributed by atoms with Gasteiger partial charge in [-0.25, -0.2) is 4.39 Å². The zero-order valence-electron chi connectivity index (χ0n) is 5.88. The molecule has 0 aromatic carbocycles. The molecule has 0 radical (unpaired) electrons. The molecular weight excluding hydrogens is 135 g/mol. The van der Waals surface area contributed by atoms with Gasteiger partial charge in [-0.15, -0.1) is 0 Å². The van der Waals surface area contributed by atoms with E-state index in [2.05, 4.69) is 0 Å². The van der Waals surface area contributed by atoms with Gasteiger partial charge in [0.05, 0.1) is 5.92 Å². The monoisotopic (exact) mass is 146 g/mol. The summed E-state index contributed by atoms with van der Waals surface area (Å²) in [6.07, 6.45) is 0.00324. The van der Waals surface area contributed by atoms with E-state index >= 15 is 0 Å². The highest BCUT2D eigenvalue weighted by molar-refractivity contribution is 5.71. The van der Waals surface area contributed by atoms with Crippen LogP contribution in [0.2, 0.25) is 0 Å². The first-order valence-electron chi connectivity index (χ1n) is 3.50. The molecule has 0 aromatic rings. The Morgan fingerprint density at radius 2 is 2.20 bits per heavy atom. The highest BCUT2D eigenvalue weighted by Gasteiger charge is 2.38. The predicted octanol–water partition coefficient (Wildman–Crippen LogP) is 1.46. The number of carbonyl (C=O) groups is 1. The SMILES string of the molecule is CC1CCC(F)C1C(=O)O. The zero-order valence-corrected chi connectivity index (χ0v) is 5.88. The third-order valence-electron chi connectivity index (χ3n) is 2.19. The molecule has 3 unspecified atom stereocenters. The lowest BCUT2D eigenvalue weighted by atomic mass is 9.98. The van der Waals surface area contributed by atoms with Crippen LogP contribution in [0.25, 0.3) is 0 Å². The third-order valence-corrected chi connectivity index (χ3v) is 2.19.